The van der Waals surface area contributed by atoms with Gasteiger partial charge in [0.25, 0.3) is 5.91 Å². The summed E-state index contributed by atoms with van der Waals surface area (Å²) in [7, 11) is -1.95. The number of nitrogens with zero attached hydrogens (tertiary/aromatic N) is 1. The SMILES string of the molecule is CNC(=O)c1cccc(S(=O)(=O)N2CCCCC2)c1. The van der Waals surface area contributed by atoms with Gasteiger partial charge in [0.1, 0.15) is 0 Å². The monoisotopic (exact) mass is 282 g/mol. The Hall–Kier alpha value is -1.40. The molecule has 1 fully saturated rings. The first-order valence-corrected chi connectivity index (χ1v) is 7.82. The van der Waals surface area contributed by atoms with Crippen LogP contribution in [0.4, 0.5) is 0 Å². The van der Waals surface area contributed by atoms with Gasteiger partial charge in [0, 0.05) is 25.7 Å². The number of amides is 1. The van der Waals surface area contributed by atoms with Crippen molar-refractivity contribution in [2.45, 2.75) is 24.2 Å². The summed E-state index contributed by atoms with van der Waals surface area (Å²) in [6.07, 6.45) is 2.87. The number of sulfonamides is 1. The van der Waals surface area contributed by atoms with Crippen LogP contribution in [-0.2, 0) is 10.0 Å². The van der Waals surface area contributed by atoms with Crippen LogP contribution in [-0.4, -0.2) is 38.8 Å². The number of carbonyl (C=O) groups excluding carboxylic acids is 1. The molecule has 0 atom stereocenters. The third kappa shape index (κ3) is 2.96. The molecule has 2 rings (SSSR count). The van der Waals surface area contributed by atoms with E-state index in [0.717, 1.165) is 19.3 Å². The molecule has 6 heteroatoms. The Kier molecular flexibility index (Phi) is 4.21. The summed E-state index contributed by atoms with van der Waals surface area (Å²) in [6, 6.07) is 6.18. The zero-order valence-electron chi connectivity index (χ0n) is 10.9. The fraction of sp³-hybridized carbons (Fsp3) is 0.462. The predicted octanol–water partition coefficient (Wildman–Crippen LogP) is 1.22. The van der Waals surface area contributed by atoms with Gasteiger partial charge >= 0.3 is 0 Å². The van der Waals surface area contributed by atoms with E-state index >= 15 is 0 Å². The number of benzene rings is 1. The molecule has 0 saturated carbocycles. The third-order valence-electron chi connectivity index (χ3n) is 3.28. The molecule has 0 bridgehead atoms. The largest absolute Gasteiger partial charge is 0.355 e. The second-order valence-corrected chi connectivity index (χ2v) is 6.51. The molecule has 1 N–H and O–H groups in total. The summed E-state index contributed by atoms with van der Waals surface area (Å²) >= 11 is 0. The average molecular weight is 282 g/mol. The topological polar surface area (TPSA) is 66.5 Å². The fourth-order valence-corrected chi connectivity index (χ4v) is 3.76. The Morgan fingerprint density at radius 1 is 1.21 bits per heavy atom. The lowest BCUT2D eigenvalue weighted by molar-refractivity contribution is 0.0963. The highest BCUT2D eigenvalue weighted by Crippen LogP contribution is 2.21. The van der Waals surface area contributed by atoms with Gasteiger partial charge in [-0.25, -0.2) is 8.42 Å². The number of hydrogen-bond donors (Lipinski definition) is 1. The molecule has 1 amide bonds. The molecule has 1 saturated heterocycles. The van der Waals surface area contributed by atoms with Crippen molar-refractivity contribution in [3.8, 4) is 0 Å². The molecule has 5 nitrogen and oxygen atoms in total. The van der Waals surface area contributed by atoms with E-state index in [-0.39, 0.29) is 10.8 Å². The number of piperidine rings is 1. The number of rotatable bonds is 3. The summed E-state index contributed by atoms with van der Waals surface area (Å²) in [5.41, 5.74) is 0.362. The lowest BCUT2D eigenvalue weighted by atomic mass is 10.2. The predicted molar refractivity (Wildman–Crippen MR) is 72.4 cm³/mol. The van der Waals surface area contributed by atoms with Crippen LogP contribution in [0.25, 0.3) is 0 Å². The molecule has 0 unspecified atom stereocenters. The molecule has 1 heterocycles. The van der Waals surface area contributed by atoms with E-state index in [2.05, 4.69) is 5.32 Å². The molecule has 0 spiro atoms. The average Bonchev–Trinajstić information content (AvgIpc) is 2.47. The van der Waals surface area contributed by atoms with Gasteiger partial charge in [-0.1, -0.05) is 12.5 Å². The molecule has 0 aromatic heterocycles. The summed E-state index contributed by atoms with van der Waals surface area (Å²) in [5, 5.41) is 2.49. The number of carbonyl (C=O) groups is 1. The number of hydrogen-bond acceptors (Lipinski definition) is 3. The van der Waals surface area contributed by atoms with Crippen LogP contribution in [0.3, 0.4) is 0 Å². The summed E-state index contributed by atoms with van der Waals surface area (Å²) in [4.78, 5) is 11.7. The quantitative estimate of drug-likeness (QED) is 0.906. The zero-order valence-corrected chi connectivity index (χ0v) is 11.7. The second-order valence-electron chi connectivity index (χ2n) is 4.57. The van der Waals surface area contributed by atoms with Crippen molar-refractivity contribution < 1.29 is 13.2 Å². The molecule has 0 aliphatic carbocycles. The highest BCUT2D eigenvalue weighted by molar-refractivity contribution is 7.89. The molecular formula is C13H18N2O3S. The maximum atomic E-state index is 12.4. The summed E-state index contributed by atoms with van der Waals surface area (Å²) < 4.78 is 26.4. The zero-order chi connectivity index (χ0) is 13.9. The van der Waals surface area contributed by atoms with Crippen LogP contribution in [0.1, 0.15) is 29.6 Å². The Morgan fingerprint density at radius 3 is 2.53 bits per heavy atom. The number of nitrogens with one attached hydrogen (secondary N) is 1. The highest BCUT2D eigenvalue weighted by Gasteiger charge is 2.26. The lowest BCUT2D eigenvalue weighted by Crippen LogP contribution is -2.35. The molecule has 19 heavy (non-hydrogen) atoms. The summed E-state index contributed by atoms with van der Waals surface area (Å²) in [5.74, 6) is -0.282. The van der Waals surface area contributed by atoms with E-state index in [1.165, 1.54) is 23.5 Å². The van der Waals surface area contributed by atoms with E-state index in [1.54, 1.807) is 12.1 Å². The minimum Gasteiger partial charge on any atom is -0.355 e. The van der Waals surface area contributed by atoms with Crippen molar-refractivity contribution in [2.75, 3.05) is 20.1 Å². The lowest BCUT2D eigenvalue weighted by Gasteiger charge is -2.25. The minimum absolute atomic E-state index is 0.190. The second kappa shape index (κ2) is 5.71. The van der Waals surface area contributed by atoms with Gasteiger partial charge in [-0.3, -0.25) is 4.79 Å². The van der Waals surface area contributed by atoms with Crippen molar-refractivity contribution in [2.24, 2.45) is 0 Å². The first kappa shape index (κ1) is 14.0. The van der Waals surface area contributed by atoms with Crippen LogP contribution >= 0.6 is 0 Å². The van der Waals surface area contributed by atoms with Crippen LogP contribution in [0.15, 0.2) is 29.2 Å². The van der Waals surface area contributed by atoms with Crippen molar-refractivity contribution >= 4 is 15.9 Å². The Balaban J connectivity index is 2.32. The van der Waals surface area contributed by atoms with Crippen LogP contribution in [0.2, 0.25) is 0 Å². The molecule has 104 valence electrons. The molecule has 0 radical (unpaired) electrons. The molecular weight excluding hydrogens is 264 g/mol. The van der Waals surface area contributed by atoms with Crippen molar-refractivity contribution in [3.05, 3.63) is 29.8 Å². The van der Waals surface area contributed by atoms with Gasteiger partial charge in [-0.2, -0.15) is 4.31 Å². The first-order valence-electron chi connectivity index (χ1n) is 6.38. The molecule has 1 aliphatic rings. The molecule has 1 aromatic carbocycles. The van der Waals surface area contributed by atoms with Gasteiger partial charge in [0.15, 0.2) is 0 Å². The van der Waals surface area contributed by atoms with Gasteiger partial charge in [0.2, 0.25) is 10.0 Å². The maximum absolute atomic E-state index is 12.4. The van der Waals surface area contributed by atoms with E-state index in [0.29, 0.717) is 18.7 Å². The highest BCUT2D eigenvalue weighted by atomic mass is 32.2. The van der Waals surface area contributed by atoms with Crippen LogP contribution in [0, 0.1) is 0 Å². The van der Waals surface area contributed by atoms with Gasteiger partial charge in [-0.05, 0) is 31.0 Å². The third-order valence-corrected chi connectivity index (χ3v) is 5.17. The Bertz CT molecular complexity index is 563. The van der Waals surface area contributed by atoms with Crippen LogP contribution in [0.5, 0.6) is 0 Å². The standard InChI is InChI=1S/C13H18N2O3S/c1-14-13(16)11-6-5-7-12(10-11)19(17,18)15-8-3-2-4-9-15/h5-7,10H,2-4,8-9H2,1H3,(H,14,16). The van der Waals surface area contributed by atoms with E-state index < -0.39 is 10.0 Å². The molecule has 1 aromatic rings. The Labute approximate surface area is 113 Å². The minimum atomic E-state index is -3.47. The normalized spacial score (nSPS) is 17.1. The smallest absolute Gasteiger partial charge is 0.251 e. The maximum Gasteiger partial charge on any atom is 0.251 e. The van der Waals surface area contributed by atoms with Crippen molar-refractivity contribution in [3.63, 3.8) is 0 Å². The van der Waals surface area contributed by atoms with Crippen molar-refractivity contribution in [1.29, 1.82) is 0 Å². The van der Waals surface area contributed by atoms with Gasteiger partial charge < -0.3 is 5.32 Å². The van der Waals surface area contributed by atoms with E-state index in [9.17, 15) is 13.2 Å². The van der Waals surface area contributed by atoms with Crippen LogP contribution < -0.4 is 5.32 Å². The summed E-state index contributed by atoms with van der Waals surface area (Å²) in [6.45, 7) is 1.12. The van der Waals surface area contributed by atoms with Gasteiger partial charge in [0.05, 0.1) is 4.90 Å². The van der Waals surface area contributed by atoms with E-state index in [1.807, 2.05) is 0 Å². The first-order chi connectivity index (χ1) is 9.05. The molecule has 1 aliphatic heterocycles. The van der Waals surface area contributed by atoms with Crippen molar-refractivity contribution in [1.82, 2.24) is 9.62 Å². The van der Waals surface area contributed by atoms with Gasteiger partial charge in [-0.15, -0.1) is 0 Å². The fourth-order valence-electron chi connectivity index (χ4n) is 2.20. The Morgan fingerprint density at radius 2 is 1.89 bits per heavy atom. The van der Waals surface area contributed by atoms with E-state index in [4.69, 9.17) is 0 Å².